The first-order valence-corrected chi connectivity index (χ1v) is 9.42. The zero-order valence-electron chi connectivity index (χ0n) is 15.9. The zero-order valence-corrected chi connectivity index (χ0v) is 15.9. The summed E-state index contributed by atoms with van der Waals surface area (Å²) < 4.78 is 6.92. The third-order valence-corrected chi connectivity index (χ3v) is 5.33. The highest BCUT2D eigenvalue weighted by Crippen LogP contribution is 2.35. The maximum absolute atomic E-state index is 11.4. The van der Waals surface area contributed by atoms with Gasteiger partial charge < -0.3 is 36.0 Å². The number of rotatable bonds is 6. The fraction of sp³-hybridized carbons (Fsp3) is 0.421. The van der Waals surface area contributed by atoms with Crippen LogP contribution in [0, 0.1) is 0 Å². The molecule has 1 aromatic carbocycles. The summed E-state index contributed by atoms with van der Waals surface area (Å²) in [7, 11) is 0. The van der Waals surface area contributed by atoms with Crippen LogP contribution in [0.2, 0.25) is 0 Å². The average Bonchev–Trinajstić information content (AvgIpc) is 3.30. The maximum Gasteiger partial charge on any atom is 0.169 e. The van der Waals surface area contributed by atoms with Crippen molar-refractivity contribution in [3.05, 3.63) is 48.0 Å². The van der Waals surface area contributed by atoms with Crippen molar-refractivity contribution >= 4 is 17.0 Å². The Morgan fingerprint density at radius 1 is 1.10 bits per heavy atom. The molecular weight excluding hydrogens is 394 g/mol. The molecule has 11 nitrogen and oxygen atoms in total. The first-order chi connectivity index (χ1) is 14.4. The third-order valence-electron chi connectivity index (χ3n) is 5.33. The minimum Gasteiger partial charge on any atom is -0.396 e. The normalized spacial score (nSPS) is 26.2. The number of nitrogen functional groups attached to an aromatic ring is 1. The van der Waals surface area contributed by atoms with Crippen molar-refractivity contribution in [2.75, 3.05) is 18.9 Å². The molecule has 0 radical (unpaired) electrons. The smallest absolute Gasteiger partial charge is 0.169 e. The Labute approximate surface area is 171 Å². The van der Waals surface area contributed by atoms with Gasteiger partial charge in [0, 0.05) is 13.0 Å². The van der Waals surface area contributed by atoms with Gasteiger partial charge >= 0.3 is 0 Å². The van der Waals surface area contributed by atoms with Crippen LogP contribution in [0.1, 0.15) is 24.0 Å². The number of aliphatic hydroxyl groups is 5. The van der Waals surface area contributed by atoms with Crippen LogP contribution in [0.4, 0.5) is 5.82 Å². The fourth-order valence-corrected chi connectivity index (χ4v) is 3.68. The molecular formula is C19H23N5O6. The van der Waals surface area contributed by atoms with E-state index >= 15 is 0 Å². The van der Waals surface area contributed by atoms with Gasteiger partial charge in [-0.2, -0.15) is 0 Å². The molecule has 7 N–H and O–H groups in total. The molecule has 0 spiro atoms. The van der Waals surface area contributed by atoms with Crippen LogP contribution in [0.5, 0.6) is 0 Å². The van der Waals surface area contributed by atoms with Gasteiger partial charge in [0.25, 0.3) is 0 Å². The van der Waals surface area contributed by atoms with Crippen molar-refractivity contribution in [2.24, 2.45) is 0 Å². The molecule has 5 atom stereocenters. The van der Waals surface area contributed by atoms with Crippen molar-refractivity contribution in [3.63, 3.8) is 0 Å². The largest absolute Gasteiger partial charge is 0.396 e. The number of ether oxygens (including phenoxy) is 1. The Balaban J connectivity index is 1.85. The lowest BCUT2D eigenvalue weighted by Crippen LogP contribution is -2.33. The number of anilines is 1. The molecule has 0 unspecified atom stereocenters. The molecule has 0 saturated carbocycles. The van der Waals surface area contributed by atoms with Gasteiger partial charge in [-0.25, -0.2) is 15.0 Å². The van der Waals surface area contributed by atoms with E-state index in [2.05, 4.69) is 15.0 Å². The zero-order chi connectivity index (χ0) is 21.5. The van der Waals surface area contributed by atoms with E-state index in [1.165, 1.54) is 10.9 Å². The monoisotopic (exact) mass is 417 g/mol. The maximum atomic E-state index is 11.4. The number of hydrogen-bond donors (Lipinski definition) is 6. The molecule has 1 saturated heterocycles. The Hall–Kier alpha value is -2.67. The van der Waals surface area contributed by atoms with Crippen molar-refractivity contribution < 1.29 is 30.3 Å². The van der Waals surface area contributed by atoms with E-state index in [4.69, 9.17) is 10.5 Å². The van der Waals surface area contributed by atoms with Crippen LogP contribution in [-0.2, 0) is 10.3 Å². The molecule has 0 amide bonds. The van der Waals surface area contributed by atoms with E-state index in [9.17, 15) is 25.5 Å². The second-order valence-corrected chi connectivity index (χ2v) is 7.19. The Morgan fingerprint density at radius 2 is 1.83 bits per heavy atom. The topological polar surface area (TPSA) is 180 Å². The second-order valence-electron chi connectivity index (χ2n) is 7.19. The second kappa shape index (κ2) is 7.87. The van der Waals surface area contributed by atoms with Crippen molar-refractivity contribution in [1.82, 2.24) is 19.5 Å². The molecule has 3 heterocycles. The Kier molecular flexibility index (Phi) is 5.40. The predicted octanol–water partition coefficient (Wildman–Crippen LogP) is -1.36. The number of aliphatic hydroxyl groups excluding tert-OH is 4. The van der Waals surface area contributed by atoms with Crippen LogP contribution in [0.25, 0.3) is 11.2 Å². The predicted molar refractivity (Wildman–Crippen MR) is 104 cm³/mol. The summed E-state index contributed by atoms with van der Waals surface area (Å²) in [6, 6.07) is 8.63. The molecule has 160 valence electrons. The summed E-state index contributed by atoms with van der Waals surface area (Å²) >= 11 is 0. The lowest BCUT2D eigenvalue weighted by Gasteiger charge is -2.27. The lowest BCUT2D eigenvalue weighted by atomic mass is 9.89. The Morgan fingerprint density at radius 3 is 2.47 bits per heavy atom. The first kappa shape index (κ1) is 20.6. The minimum absolute atomic E-state index is 0.00668. The molecule has 1 aliphatic rings. The lowest BCUT2D eigenvalue weighted by molar-refractivity contribution is -0.0511. The van der Waals surface area contributed by atoms with Gasteiger partial charge in [0.15, 0.2) is 29.1 Å². The van der Waals surface area contributed by atoms with Gasteiger partial charge in [-0.3, -0.25) is 4.57 Å². The van der Waals surface area contributed by atoms with Crippen LogP contribution >= 0.6 is 0 Å². The fourth-order valence-electron chi connectivity index (χ4n) is 3.68. The van der Waals surface area contributed by atoms with Gasteiger partial charge in [0.1, 0.15) is 23.8 Å². The molecule has 11 heteroatoms. The van der Waals surface area contributed by atoms with Gasteiger partial charge in [0.05, 0.1) is 12.9 Å². The van der Waals surface area contributed by atoms with Crippen LogP contribution < -0.4 is 5.73 Å². The van der Waals surface area contributed by atoms with E-state index in [-0.39, 0.29) is 35.8 Å². The summed E-state index contributed by atoms with van der Waals surface area (Å²) in [4.78, 5) is 12.8. The van der Waals surface area contributed by atoms with E-state index in [1.54, 1.807) is 30.3 Å². The number of hydrogen-bond acceptors (Lipinski definition) is 10. The molecule has 3 aromatic rings. The Bertz CT molecular complexity index is 1030. The highest BCUT2D eigenvalue weighted by molar-refractivity contribution is 5.81. The van der Waals surface area contributed by atoms with Crippen LogP contribution in [0.15, 0.2) is 36.7 Å². The quantitative estimate of drug-likeness (QED) is 0.280. The number of nitrogens with zero attached hydrogens (tertiary/aromatic N) is 4. The summed E-state index contributed by atoms with van der Waals surface area (Å²) in [6.07, 6.45) is -3.45. The number of aromatic nitrogens is 4. The minimum atomic E-state index is -1.73. The standard InChI is InChI=1S/C19H23N5O6/c20-15-12-16(24(9-21-12)17-14(28)13(27)11(8-26)30-17)23-18(22-15)19(29,6-7-25)10-4-2-1-3-5-10/h1-5,9,11,13-14,17,25-29H,6-8H2,(H2,20,22,23)/t11-,13-,14-,17-,19-/m1/s1. The van der Waals surface area contributed by atoms with Gasteiger partial charge in [-0.1, -0.05) is 30.3 Å². The van der Waals surface area contributed by atoms with Crippen LogP contribution in [0.3, 0.4) is 0 Å². The third kappa shape index (κ3) is 3.21. The van der Waals surface area contributed by atoms with Crippen LogP contribution in [-0.4, -0.2) is 76.6 Å². The SMILES string of the molecule is Nc1nc([C@@](O)(CCO)c2ccccc2)nc2c1ncn2[C@@H]1O[C@H](CO)[C@@H](O)[C@H]1O. The molecule has 1 aliphatic heterocycles. The molecule has 2 aromatic heterocycles. The number of benzene rings is 1. The first-order valence-electron chi connectivity index (χ1n) is 9.42. The van der Waals surface area contributed by atoms with Crippen molar-refractivity contribution in [2.45, 2.75) is 36.6 Å². The van der Waals surface area contributed by atoms with Crippen molar-refractivity contribution in [1.29, 1.82) is 0 Å². The van der Waals surface area contributed by atoms with Crippen molar-refractivity contribution in [3.8, 4) is 0 Å². The molecule has 30 heavy (non-hydrogen) atoms. The molecule has 0 bridgehead atoms. The summed E-state index contributed by atoms with van der Waals surface area (Å²) in [5.74, 6) is -0.0611. The van der Waals surface area contributed by atoms with E-state index < -0.39 is 36.7 Å². The highest BCUT2D eigenvalue weighted by atomic mass is 16.6. The van der Waals surface area contributed by atoms with E-state index in [0.29, 0.717) is 5.56 Å². The average molecular weight is 417 g/mol. The number of imidazole rings is 1. The van der Waals surface area contributed by atoms with Gasteiger partial charge in [0.2, 0.25) is 0 Å². The van der Waals surface area contributed by atoms with E-state index in [0.717, 1.165) is 0 Å². The number of fused-ring (bicyclic) bond motifs is 1. The highest BCUT2D eigenvalue weighted by Gasteiger charge is 2.44. The number of nitrogens with two attached hydrogens (primary N) is 1. The summed E-state index contributed by atoms with van der Waals surface area (Å²) in [5, 5.41) is 50.7. The summed E-state index contributed by atoms with van der Waals surface area (Å²) in [5.41, 5.74) is 5.19. The van der Waals surface area contributed by atoms with Gasteiger partial charge in [-0.15, -0.1) is 0 Å². The molecule has 1 fully saturated rings. The molecule has 4 rings (SSSR count). The van der Waals surface area contributed by atoms with E-state index in [1.807, 2.05) is 0 Å². The summed E-state index contributed by atoms with van der Waals surface area (Å²) in [6.45, 7) is -0.811. The molecule has 0 aliphatic carbocycles. The van der Waals surface area contributed by atoms with Gasteiger partial charge in [-0.05, 0) is 5.56 Å².